The van der Waals surface area contributed by atoms with Crippen molar-refractivity contribution in [2.75, 3.05) is 20.1 Å². The van der Waals surface area contributed by atoms with Gasteiger partial charge in [-0.3, -0.25) is 4.79 Å². The van der Waals surface area contributed by atoms with Gasteiger partial charge in [0.15, 0.2) is 0 Å². The summed E-state index contributed by atoms with van der Waals surface area (Å²) in [5, 5.41) is 3.24. The Morgan fingerprint density at radius 3 is 2.55 bits per heavy atom. The van der Waals surface area contributed by atoms with E-state index in [1.54, 1.807) is 0 Å². The molecule has 108 valence electrons. The van der Waals surface area contributed by atoms with Gasteiger partial charge in [0, 0.05) is 16.4 Å². The SMILES string of the molecule is CN1CCC(NC(=O)[C@@H]2C[C@@H]2c2ccc(Br)cc2)CC1. The van der Waals surface area contributed by atoms with Gasteiger partial charge in [0.1, 0.15) is 0 Å². The molecule has 1 aromatic rings. The van der Waals surface area contributed by atoms with Gasteiger partial charge in [0.25, 0.3) is 0 Å². The smallest absolute Gasteiger partial charge is 0.223 e. The highest BCUT2D eigenvalue weighted by atomic mass is 79.9. The summed E-state index contributed by atoms with van der Waals surface area (Å²) >= 11 is 3.45. The van der Waals surface area contributed by atoms with E-state index in [1.807, 2.05) is 0 Å². The second-order valence-corrected chi connectivity index (χ2v) is 7.00. The van der Waals surface area contributed by atoms with Crippen LogP contribution in [0.25, 0.3) is 0 Å². The molecule has 2 atom stereocenters. The number of carbonyl (C=O) groups is 1. The summed E-state index contributed by atoms with van der Waals surface area (Å²) in [5.41, 5.74) is 1.29. The van der Waals surface area contributed by atoms with Crippen LogP contribution < -0.4 is 5.32 Å². The summed E-state index contributed by atoms with van der Waals surface area (Å²) in [7, 11) is 2.14. The van der Waals surface area contributed by atoms with Gasteiger partial charge in [-0.1, -0.05) is 28.1 Å². The molecule has 2 aliphatic rings. The fourth-order valence-electron chi connectivity index (χ4n) is 3.02. The third kappa shape index (κ3) is 3.23. The first-order valence-electron chi connectivity index (χ1n) is 7.38. The molecule has 3 nitrogen and oxygen atoms in total. The van der Waals surface area contributed by atoms with Crippen molar-refractivity contribution in [2.45, 2.75) is 31.2 Å². The minimum absolute atomic E-state index is 0.191. The maximum atomic E-state index is 12.3. The van der Waals surface area contributed by atoms with Crippen LogP contribution in [0.4, 0.5) is 0 Å². The monoisotopic (exact) mass is 336 g/mol. The fraction of sp³-hybridized carbons (Fsp3) is 0.562. The number of piperidine rings is 1. The lowest BCUT2D eigenvalue weighted by molar-refractivity contribution is -0.123. The first-order chi connectivity index (χ1) is 9.63. The molecule has 0 aromatic heterocycles. The Balaban J connectivity index is 1.51. The van der Waals surface area contributed by atoms with Gasteiger partial charge in [-0.25, -0.2) is 0 Å². The molecule has 1 heterocycles. The lowest BCUT2D eigenvalue weighted by Crippen LogP contribution is -2.44. The lowest BCUT2D eigenvalue weighted by Gasteiger charge is -2.29. The number of nitrogens with one attached hydrogen (secondary N) is 1. The van der Waals surface area contributed by atoms with E-state index in [2.05, 4.69) is 57.5 Å². The largest absolute Gasteiger partial charge is 0.353 e. The molecule has 0 spiro atoms. The van der Waals surface area contributed by atoms with Gasteiger partial charge >= 0.3 is 0 Å². The number of halogens is 1. The number of nitrogens with zero attached hydrogens (tertiary/aromatic N) is 1. The van der Waals surface area contributed by atoms with E-state index >= 15 is 0 Å². The zero-order valence-electron chi connectivity index (χ0n) is 11.8. The first-order valence-corrected chi connectivity index (χ1v) is 8.17. The molecule has 1 amide bonds. The molecule has 20 heavy (non-hydrogen) atoms. The zero-order valence-corrected chi connectivity index (χ0v) is 13.4. The number of amides is 1. The molecule has 1 saturated carbocycles. The van der Waals surface area contributed by atoms with E-state index in [9.17, 15) is 4.79 Å². The number of likely N-dealkylation sites (tertiary alicyclic amines) is 1. The number of hydrogen-bond donors (Lipinski definition) is 1. The molecule has 0 unspecified atom stereocenters. The van der Waals surface area contributed by atoms with Crippen LogP contribution in [0.15, 0.2) is 28.7 Å². The molecule has 1 N–H and O–H groups in total. The number of carbonyl (C=O) groups excluding carboxylic acids is 1. The number of hydrogen-bond acceptors (Lipinski definition) is 2. The van der Waals surface area contributed by atoms with Crippen molar-refractivity contribution in [1.29, 1.82) is 0 Å². The normalized spacial score (nSPS) is 27.3. The van der Waals surface area contributed by atoms with Crippen molar-refractivity contribution in [3.8, 4) is 0 Å². The van der Waals surface area contributed by atoms with Crippen LogP contribution in [0.5, 0.6) is 0 Å². The summed E-state index contributed by atoms with van der Waals surface area (Å²) in [6.45, 7) is 2.18. The van der Waals surface area contributed by atoms with Gasteiger partial charge in [-0.05, 0) is 63.0 Å². The van der Waals surface area contributed by atoms with Crippen LogP contribution in [0.1, 0.15) is 30.7 Å². The number of benzene rings is 1. The average molecular weight is 337 g/mol. The molecule has 4 heteroatoms. The van der Waals surface area contributed by atoms with E-state index in [1.165, 1.54) is 5.56 Å². The van der Waals surface area contributed by atoms with E-state index in [0.29, 0.717) is 12.0 Å². The van der Waals surface area contributed by atoms with Crippen molar-refractivity contribution >= 4 is 21.8 Å². The second-order valence-electron chi connectivity index (χ2n) is 6.09. The fourth-order valence-corrected chi connectivity index (χ4v) is 3.29. The Morgan fingerprint density at radius 1 is 1.25 bits per heavy atom. The number of rotatable bonds is 3. The second kappa shape index (κ2) is 5.86. The maximum absolute atomic E-state index is 12.3. The van der Waals surface area contributed by atoms with Crippen molar-refractivity contribution in [3.63, 3.8) is 0 Å². The summed E-state index contributed by atoms with van der Waals surface area (Å²) in [5.74, 6) is 0.873. The van der Waals surface area contributed by atoms with E-state index in [0.717, 1.165) is 36.8 Å². The predicted octanol–water partition coefficient (Wildman–Crippen LogP) is 2.76. The van der Waals surface area contributed by atoms with E-state index < -0.39 is 0 Å². The Bertz CT molecular complexity index is 480. The zero-order chi connectivity index (χ0) is 14.1. The molecule has 1 aliphatic heterocycles. The van der Waals surface area contributed by atoms with Crippen molar-refractivity contribution in [3.05, 3.63) is 34.3 Å². The van der Waals surface area contributed by atoms with Gasteiger partial charge < -0.3 is 10.2 Å². The quantitative estimate of drug-likeness (QED) is 0.920. The highest BCUT2D eigenvalue weighted by Gasteiger charge is 2.44. The molecule has 0 bridgehead atoms. The van der Waals surface area contributed by atoms with Crippen LogP contribution >= 0.6 is 15.9 Å². The Hall–Kier alpha value is -0.870. The Morgan fingerprint density at radius 2 is 1.90 bits per heavy atom. The average Bonchev–Trinajstić information content (AvgIpc) is 3.23. The van der Waals surface area contributed by atoms with Crippen molar-refractivity contribution < 1.29 is 4.79 Å². The van der Waals surface area contributed by atoms with E-state index in [-0.39, 0.29) is 11.8 Å². The molecule has 1 aromatic carbocycles. The highest BCUT2D eigenvalue weighted by molar-refractivity contribution is 9.10. The summed E-state index contributed by atoms with van der Waals surface area (Å²) in [4.78, 5) is 14.6. The molecular weight excluding hydrogens is 316 g/mol. The van der Waals surface area contributed by atoms with Crippen molar-refractivity contribution in [2.24, 2.45) is 5.92 Å². The lowest BCUT2D eigenvalue weighted by atomic mass is 10.0. The van der Waals surface area contributed by atoms with Crippen molar-refractivity contribution in [1.82, 2.24) is 10.2 Å². The minimum atomic E-state index is 0.191. The maximum Gasteiger partial charge on any atom is 0.223 e. The summed E-state index contributed by atoms with van der Waals surface area (Å²) in [6.07, 6.45) is 3.16. The standard InChI is InChI=1S/C16H21BrN2O/c1-19-8-6-13(7-9-19)18-16(20)15-10-14(15)11-2-4-12(17)5-3-11/h2-5,13-15H,6-10H2,1H3,(H,18,20)/t14-,15-/m1/s1. The molecule has 1 saturated heterocycles. The van der Waals surface area contributed by atoms with Crippen LogP contribution in [-0.4, -0.2) is 37.0 Å². The summed E-state index contributed by atoms with van der Waals surface area (Å²) in [6, 6.07) is 8.74. The van der Waals surface area contributed by atoms with Crippen LogP contribution in [-0.2, 0) is 4.79 Å². The van der Waals surface area contributed by atoms with Crippen LogP contribution in [0, 0.1) is 5.92 Å². The predicted molar refractivity (Wildman–Crippen MR) is 83.7 cm³/mol. The van der Waals surface area contributed by atoms with Gasteiger partial charge in [-0.2, -0.15) is 0 Å². The first kappa shape index (κ1) is 14.1. The third-order valence-corrected chi connectivity index (χ3v) is 5.02. The van der Waals surface area contributed by atoms with Crippen LogP contribution in [0.3, 0.4) is 0 Å². The van der Waals surface area contributed by atoms with Gasteiger partial charge in [0.2, 0.25) is 5.91 Å². The molecule has 1 aliphatic carbocycles. The molecule has 2 fully saturated rings. The van der Waals surface area contributed by atoms with Crippen LogP contribution in [0.2, 0.25) is 0 Å². The van der Waals surface area contributed by atoms with E-state index in [4.69, 9.17) is 0 Å². The Kier molecular flexibility index (Phi) is 4.13. The molecular formula is C16H21BrN2O. The highest BCUT2D eigenvalue weighted by Crippen LogP contribution is 2.47. The van der Waals surface area contributed by atoms with Gasteiger partial charge in [-0.15, -0.1) is 0 Å². The topological polar surface area (TPSA) is 32.3 Å². The minimum Gasteiger partial charge on any atom is -0.353 e. The summed E-state index contributed by atoms with van der Waals surface area (Å²) < 4.78 is 1.09. The third-order valence-electron chi connectivity index (χ3n) is 4.49. The Labute approximate surface area is 128 Å². The van der Waals surface area contributed by atoms with Gasteiger partial charge in [0.05, 0.1) is 0 Å². The molecule has 0 radical (unpaired) electrons. The molecule has 3 rings (SSSR count).